The van der Waals surface area contributed by atoms with Crippen molar-refractivity contribution >= 4 is 34.8 Å². The number of nitrogens with zero attached hydrogens (tertiary/aromatic N) is 2. The van der Waals surface area contributed by atoms with Gasteiger partial charge in [0.2, 0.25) is 0 Å². The maximum absolute atomic E-state index is 15.1. The number of aliphatic imine (C=N–C) groups is 1. The lowest BCUT2D eigenvalue weighted by atomic mass is 9.89. The van der Waals surface area contributed by atoms with Crippen LogP contribution in [0.5, 0.6) is 0 Å². The van der Waals surface area contributed by atoms with Gasteiger partial charge in [-0.1, -0.05) is 17.7 Å². The first-order chi connectivity index (χ1) is 17.6. The van der Waals surface area contributed by atoms with Crippen LogP contribution in [0.3, 0.4) is 0 Å². The minimum atomic E-state index is -4.80. The molecule has 2 aliphatic rings. The van der Waals surface area contributed by atoms with E-state index in [1.807, 2.05) is 0 Å². The second kappa shape index (κ2) is 11.0. The number of carbonyl (C=O) groups is 2. The first-order valence-electron chi connectivity index (χ1n) is 11.7. The summed E-state index contributed by atoms with van der Waals surface area (Å²) in [6, 6.07) is 7.01. The number of benzene rings is 2. The SMILES string of the molecule is NC(=C1CCCCC1=NC(=O)c1c(Cl)cccc1C(F)(F)F)c1ccc(C(=O)N2CCOCC2)cc1F. The number of alkyl halides is 3. The molecule has 0 spiro atoms. The van der Waals surface area contributed by atoms with Crippen LogP contribution in [-0.2, 0) is 10.9 Å². The number of hydrogen-bond acceptors (Lipinski definition) is 4. The van der Waals surface area contributed by atoms with Gasteiger partial charge in [0.1, 0.15) is 5.82 Å². The summed E-state index contributed by atoms with van der Waals surface area (Å²) in [7, 11) is 0. The van der Waals surface area contributed by atoms with Crippen molar-refractivity contribution in [3.63, 3.8) is 0 Å². The van der Waals surface area contributed by atoms with E-state index in [1.54, 1.807) is 4.90 Å². The normalized spacial score (nSPS) is 19.2. The van der Waals surface area contributed by atoms with Gasteiger partial charge in [-0.3, -0.25) is 9.59 Å². The van der Waals surface area contributed by atoms with Gasteiger partial charge in [0.25, 0.3) is 11.8 Å². The summed E-state index contributed by atoms with van der Waals surface area (Å²) in [6.45, 7) is 1.63. The van der Waals surface area contributed by atoms with E-state index >= 15 is 4.39 Å². The lowest BCUT2D eigenvalue weighted by Crippen LogP contribution is -2.40. The van der Waals surface area contributed by atoms with E-state index in [1.165, 1.54) is 18.2 Å². The monoisotopic (exact) mass is 537 g/mol. The van der Waals surface area contributed by atoms with Crippen molar-refractivity contribution in [2.75, 3.05) is 26.3 Å². The van der Waals surface area contributed by atoms with Crippen LogP contribution in [0, 0.1) is 5.82 Å². The van der Waals surface area contributed by atoms with E-state index in [2.05, 4.69) is 4.99 Å². The van der Waals surface area contributed by atoms with Gasteiger partial charge in [0, 0.05) is 35.6 Å². The predicted octanol–water partition coefficient (Wildman–Crippen LogP) is 5.50. The van der Waals surface area contributed by atoms with Crippen LogP contribution in [-0.4, -0.2) is 48.7 Å². The zero-order chi connectivity index (χ0) is 26.7. The van der Waals surface area contributed by atoms with Crippen molar-refractivity contribution in [3.8, 4) is 0 Å². The Balaban J connectivity index is 1.68. The van der Waals surface area contributed by atoms with Gasteiger partial charge in [-0.25, -0.2) is 9.38 Å². The minimum Gasteiger partial charge on any atom is -0.398 e. The fourth-order valence-electron chi connectivity index (χ4n) is 4.44. The molecule has 2 aromatic carbocycles. The van der Waals surface area contributed by atoms with Gasteiger partial charge in [-0.05, 0) is 61.6 Å². The van der Waals surface area contributed by atoms with Crippen LogP contribution in [0.25, 0.3) is 5.70 Å². The van der Waals surface area contributed by atoms with Gasteiger partial charge in [0.05, 0.1) is 29.4 Å². The Kier molecular flexibility index (Phi) is 7.99. The molecular weight excluding hydrogens is 514 g/mol. The van der Waals surface area contributed by atoms with Crippen molar-refractivity contribution in [2.24, 2.45) is 10.7 Å². The van der Waals surface area contributed by atoms with Crippen molar-refractivity contribution in [1.82, 2.24) is 4.90 Å². The quantitative estimate of drug-likeness (QED) is 0.524. The molecule has 2 fully saturated rings. The van der Waals surface area contributed by atoms with E-state index in [4.69, 9.17) is 22.1 Å². The maximum Gasteiger partial charge on any atom is 0.417 e. The average Bonchev–Trinajstić information content (AvgIpc) is 2.88. The Morgan fingerprint density at radius 1 is 1.05 bits per heavy atom. The van der Waals surface area contributed by atoms with Gasteiger partial charge in [-0.2, -0.15) is 13.2 Å². The van der Waals surface area contributed by atoms with Crippen LogP contribution in [0.15, 0.2) is 47.0 Å². The molecule has 2 N–H and O–H groups in total. The molecule has 196 valence electrons. The number of carbonyl (C=O) groups excluding carboxylic acids is 2. The maximum atomic E-state index is 15.1. The van der Waals surface area contributed by atoms with Crippen LogP contribution in [0.1, 0.15) is 57.5 Å². The Labute approximate surface area is 215 Å². The van der Waals surface area contributed by atoms with Crippen molar-refractivity contribution in [3.05, 3.63) is 75.1 Å². The summed E-state index contributed by atoms with van der Waals surface area (Å²) in [6.07, 6.45) is -2.85. The summed E-state index contributed by atoms with van der Waals surface area (Å²) in [4.78, 5) is 31.1. The molecule has 6 nitrogen and oxygen atoms in total. The Bertz CT molecular complexity index is 1280. The smallest absolute Gasteiger partial charge is 0.398 e. The topological polar surface area (TPSA) is 85.0 Å². The fourth-order valence-corrected chi connectivity index (χ4v) is 4.69. The molecule has 2 amide bonds. The molecule has 2 aromatic rings. The standard InChI is InChI=1S/C26H24ClF4N3O3/c27-19-6-3-5-18(26(29,30)31)22(19)24(35)33-21-7-2-1-4-17(21)23(32)16-9-8-15(14-20(16)28)25(36)34-10-12-37-13-11-34/h3,5-6,8-9,14H,1-2,4,7,10-13,32H2. The van der Waals surface area contributed by atoms with Gasteiger partial charge < -0.3 is 15.4 Å². The van der Waals surface area contributed by atoms with Crippen molar-refractivity contribution < 1.29 is 31.9 Å². The molecule has 0 bridgehead atoms. The summed E-state index contributed by atoms with van der Waals surface area (Å²) >= 11 is 5.95. The number of amides is 2. The lowest BCUT2D eigenvalue weighted by Gasteiger charge is -2.27. The zero-order valence-corrected chi connectivity index (χ0v) is 20.5. The lowest BCUT2D eigenvalue weighted by molar-refractivity contribution is -0.137. The number of rotatable bonds is 3. The Morgan fingerprint density at radius 3 is 2.43 bits per heavy atom. The van der Waals surface area contributed by atoms with Gasteiger partial charge >= 0.3 is 6.18 Å². The summed E-state index contributed by atoms with van der Waals surface area (Å²) < 4.78 is 60.8. The number of nitrogens with two attached hydrogens (primary N) is 1. The van der Waals surface area contributed by atoms with E-state index in [-0.39, 0.29) is 39.9 Å². The second-order valence-electron chi connectivity index (χ2n) is 8.72. The highest BCUT2D eigenvalue weighted by Gasteiger charge is 2.36. The van der Waals surface area contributed by atoms with E-state index in [9.17, 15) is 22.8 Å². The molecule has 1 saturated carbocycles. The molecule has 4 rings (SSSR count). The van der Waals surface area contributed by atoms with Crippen molar-refractivity contribution in [1.29, 1.82) is 0 Å². The highest BCUT2D eigenvalue weighted by molar-refractivity contribution is 6.34. The predicted molar refractivity (Wildman–Crippen MR) is 131 cm³/mol. The summed E-state index contributed by atoms with van der Waals surface area (Å²) in [5.74, 6) is -2.21. The third-order valence-corrected chi connectivity index (χ3v) is 6.65. The number of allylic oxidation sites excluding steroid dienone is 1. The second-order valence-corrected chi connectivity index (χ2v) is 9.13. The Morgan fingerprint density at radius 2 is 1.76 bits per heavy atom. The van der Waals surface area contributed by atoms with Crippen molar-refractivity contribution in [2.45, 2.75) is 31.9 Å². The highest BCUT2D eigenvalue weighted by atomic mass is 35.5. The van der Waals surface area contributed by atoms with Crippen LogP contribution in [0.4, 0.5) is 17.6 Å². The molecule has 0 aromatic heterocycles. The molecular formula is C26H24ClF4N3O3. The minimum absolute atomic E-state index is 0.0179. The number of halogens is 5. The number of morpholine rings is 1. The zero-order valence-electron chi connectivity index (χ0n) is 19.7. The Hall–Kier alpha value is -3.24. The number of hydrogen-bond donors (Lipinski definition) is 1. The van der Waals surface area contributed by atoms with E-state index in [0.717, 1.165) is 18.2 Å². The van der Waals surface area contributed by atoms with E-state index in [0.29, 0.717) is 51.1 Å². The van der Waals surface area contributed by atoms with Gasteiger partial charge in [-0.15, -0.1) is 0 Å². The first-order valence-corrected chi connectivity index (χ1v) is 12.1. The van der Waals surface area contributed by atoms with Gasteiger partial charge in [0.15, 0.2) is 0 Å². The molecule has 0 unspecified atom stereocenters. The summed E-state index contributed by atoms with van der Waals surface area (Å²) in [5, 5.41) is -0.370. The number of ether oxygens (including phenoxy) is 1. The first kappa shape index (κ1) is 26.8. The fraction of sp³-hybridized carbons (Fsp3) is 0.346. The molecule has 11 heteroatoms. The van der Waals surface area contributed by atoms with Crippen LogP contribution in [0.2, 0.25) is 5.02 Å². The molecule has 37 heavy (non-hydrogen) atoms. The van der Waals surface area contributed by atoms with Crippen LogP contribution >= 0.6 is 11.6 Å². The molecule has 1 aliphatic heterocycles. The largest absolute Gasteiger partial charge is 0.417 e. The molecule has 1 aliphatic carbocycles. The third kappa shape index (κ3) is 5.86. The van der Waals surface area contributed by atoms with Crippen LogP contribution < -0.4 is 5.73 Å². The molecule has 0 atom stereocenters. The molecule has 1 saturated heterocycles. The highest BCUT2D eigenvalue weighted by Crippen LogP contribution is 2.36. The molecule has 0 radical (unpaired) electrons. The molecule has 1 heterocycles. The van der Waals surface area contributed by atoms with E-state index < -0.39 is 29.0 Å². The third-order valence-electron chi connectivity index (χ3n) is 6.34. The average molecular weight is 538 g/mol. The summed E-state index contributed by atoms with van der Waals surface area (Å²) in [5.41, 5.74) is 5.14.